The Labute approximate surface area is 64.8 Å². The largest absolute Gasteiger partial charge is 0.508 e. The highest BCUT2D eigenvalue weighted by atomic mass is 19.1. The van der Waals surface area contributed by atoms with Crippen LogP contribution >= 0.6 is 0 Å². The molecule has 0 spiro atoms. The number of benzene rings is 1. The summed E-state index contributed by atoms with van der Waals surface area (Å²) in [4.78, 5) is 0. The van der Waals surface area contributed by atoms with Crippen LogP contribution in [0.2, 0.25) is 0 Å². The van der Waals surface area contributed by atoms with Gasteiger partial charge in [0, 0.05) is 0 Å². The van der Waals surface area contributed by atoms with E-state index in [9.17, 15) is 4.39 Å². The Bertz CT molecular complexity index is 238. The number of halogens is 1. The van der Waals surface area contributed by atoms with Gasteiger partial charge in [0.25, 0.3) is 0 Å². The number of hydrogen-bond donors (Lipinski definition) is 1. The molecule has 0 aliphatic carbocycles. The Morgan fingerprint density at radius 1 is 1.27 bits per heavy atom. The minimum absolute atomic E-state index is 0.234. The molecule has 0 unspecified atom stereocenters. The Morgan fingerprint density at radius 2 is 1.91 bits per heavy atom. The van der Waals surface area contributed by atoms with Gasteiger partial charge in [0.1, 0.15) is 5.75 Å². The van der Waals surface area contributed by atoms with Crippen molar-refractivity contribution in [1.82, 2.24) is 0 Å². The molecule has 1 aromatic carbocycles. The van der Waals surface area contributed by atoms with Gasteiger partial charge in [-0.3, -0.25) is 0 Å². The number of phenols is 1. The van der Waals surface area contributed by atoms with Crippen molar-refractivity contribution < 1.29 is 9.50 Å². The van der Waals surface area contributed by atoms with Gasteiger partial charge in [-0.15, -0.1) is 0 Å². The van der Waals surface area contributed by atoms with Crippen molar-refractivity contribution >= 4 is 0 Å². The molecule has 0 bridgehead atoms. The highest BCUT2D eigenvalue weighted by Crippen LogP contribution is 2.09. The molecule has 0 aliphatic rings. The van der Waals surface area contributed by atoms with Crippen LogP contribution in [0.5, 0.6) is 5.75 Å². The topological polar surface area (TPSA) is 20.2 Å². The third kappa shape index (κ3) is 2.42. The lowest BCUT2D eigenvalue weighted by atomic mass is 10.1. The number of phenolic OH excluding ortho intramolecular Hbond substituents is 1. The van der Waals surface area contributed by atoms with Crippen LogP contribution in [0.15, 0.2) is 36.7 Å². The first kappa shape index (κ1) is 7.79. The summed E-state index contributed by atoms with van der Waals surface area (Å²) in [5, 5.41) is 8.89. The van der Waals surface area contributed by atoms with Crippen molar-refractivity contribution in [1.29, 1.82) is 0 Å². The van der Waals surface area contributed by atoms with Gasteiger partial charge in [-0.05, 0) is 24.1 Å². The van der Waals surface area contributed by atoms with Gasteiger partial charge in [0.2, 0.25) is 0 Å². The molecule has 0 fully saturated rings. The van der Waals surface area contributed by atoms with E-state index in [1.165, 1.54) is 6.08 Å². The van der Waals surface area contributed by atoms with Crippen LogP contribution in [0.25, 0.3) is 0 Å². The molecule has 0 radical (unpaired) electrons. The van der Waals surface area contributed by atoms with Crippen LogP contribution < -0.4 is 0 Å². The van der Waals surface area contributed by atoms with Crippen molar-refractivity contribution in [3.05, 3.63) is 42.2 Å². The zero-order valence-electron chi connectivity index (χ0n) is 6.00. The molecular weight excluding hydrogens is 143 g/mol. The number of rotatable bonds is 2. The molecule has 0 heterocycles. The zero-order valence-corrected chi connectivity index (χ0v) is 6.00. The molecule has 1 rings (SSSR count). The molecule has 2 heteroatoms. The van der Waals surface area contributed by atoms with Crippen LogP contribution in [-0.4, -0.2) is 5.11 Å². The van der Waals surface area contributed by atoms with Crippen molar-refractivity contribution in [3.8, 4) is 5.75 Å². The van der Waals surface area contributed by atoms with E-state index in [0.29, 0.717) is 12.8 Å². The van der Waals surface area contributed by atoms with Gasteiger partial charge >= 0.3 is 0 Å². The van der Waals surface area contributed by atoms with E-state index >= 15 is 0 Å². The maximum absolute atomic E-state index is 11.5. The standard InChI is InChI=1S/C9H9FO/c10-7-1-2-8-3-5-9(11)6-4-8/h1,3-7,11H,2H2/b7-1+. The maximum atomic E-state index is 11.5. The molecule has 11 heavy (non-hydrogen) atoms. The Morgan fingerprint density at radius 3 is 2.45 bits per heavy atom. The molecule has 0 saturated heterocycles. The van der Waals surface area contributed by atoms with Crippen LogP contribution in [0.4, 0.5) is 4.39 Å². The van der Waals surface area contributed by atoms with E-state index in [-0.39, 0.29) is 5.75 Å². The molecule has 58 valence electrons. The molecule has 0 saturated carbocycles. The van der Waals surface area contributed by atoms with Gasteiger partial charge in [-0.2, -0.15) is 0 Å². The summed E-state index contributed by atoms with van der Waals surface area (Å²) in [6.07, 6.45) is 2.51. The normalized spacial score (nSPS) is 10.6. The second-order valence-electron chi connectivity index (χ2n) is 2.23. The molecule has 0 aliphatic heterocycles. The van der Waals surface area contributed by atoms with Crippen LogP contribution in [0.1, 0.15) is 5.56 Å². The lowest BCUT2D eigenvalue weighted by molar-refractivity contribution is 0.475. The Kier molecular flexibility index (Phi) is 2.66. The van der Waals surface area contributed by atoms with E-state index in [1.54, 1.807) is 24.3 Å². The predicted octanol–water partition coefficient (Wildman–Crippen LogP) is 2.42. The fourth-order valence-corrected chi connectivity index (χ4v) is 0.813. The van der Waals surface area contributed by atoms with Gasteiger partial charge in [0.15, 0.2) is 0 Å². The molecular formula is C9H9FO. The number of aromatic hydroxyl groups is 1. The summed E-state index contributed by atoms with van der Waals surface area (Å²) in [5.41, 5.74) is 0.983. The van der Waals surface area contributed by atoms with Crippen LogP contribution in [0.3, 0.4) is 0 Å². The average Bonchev–Trinajstić information content (AvgIpc) is 2.04. The lowest BCUT2D eigenvalue weighted by Crippen LogP contribution is -1.77. The molecule has 1 N–H and O–H groups in total. The van der Waals surface area contributed by atoms with Crippen molar-refractivity contribution in [2.75, 3.05) is 0 Å². The first-order chi connectivity index (χ1) is 5.33. The average molecular weight is 152 g/mol. The quantitative estimate of drug-likeness (QED) is 0.690. The minimum Gasteiger partial charge on any atom is -0.508 e. The first-order valence-corrected chi connectivity index (χ1v) is 3.36. The fraction of sp³-hybridized carbons (Fsp3) is 0.111. The van der Waals surface area contributed by atoms with E-state index in [1.807, 2.05) is 0 Å². The SMILES string of the molecule is Oc1ccc(C/C=C/F)cc1. The van der Waals surface area contributed by atoms with E-state index in [2.05, 4.69) is 0 Å². The monoisotopic (exact) mass is 152 g/mol. The highest BCUT2D eigenvalue weighted by Gasteiger charge is 1.88. The van der Waals surface area contributed by atoms with Crippen molar-refractivity contribution in [2.24, 2.45) is 0 Å². The Balaban J connectivity index is 2.66. The summed E-state index contributed by atoms with van der Waals surface area (Å²) >= 11 is 0. The molecule has 1 nitrogen and oxygen atoms in total. The van der Waals surface area contributed by atoms with Crippen molar-refractivity contribution in [3.63, 3.8) is 0 Å². The van der Waals surface area contributed by atoms with Gasteiger partial charge in [-0.25, -0.2) is 4.39 Å². The molecule has 0 amide bonds. The summed E-state index contributed by atoms with van der Waals surface area (Å²) in [6.45, 7) is 0. The van der Waals surface area contributed by atoms with Gasteiger partial charge in [-0.1, -0.05) is 18.2 Å². The van der Waals surface area contributed by atoms with Gasteiger partial charge < -0.3 is 5.11 Å². The summed E-state index contributed by atoms with van der Waals surface area (Å²) in [7, 11) is 0. The summed E-state index contributed by atoms with van der Waals surface area (Å²) < 4.78 is 11.5. The highest BCUT2D eigenvalue weighted by molar-refractivity contribution is 5.26. The number of hydrogen-bond acceptors (Lipinski definition) is 1. The second kappa shape index (κ2) is 3.76. The lowest BCUT2D eigenvalue weighted by Gasteiger charge is -1.94. The summed E-state index contributed by atoms with van der Waals surface area (Å²) in [6, 6.07) is 6.69. The fourth-order valence-electron chi connectivity index (χ4n) is 0.813. The Hall–Kier alpha value is -1.31. The number of allylic oxidation sites excluding steroid dienone is 1. The smallest absolute Gasteiger partial charge is 0.115 e. The predicted molar refractivity (Wildman–Crippen MR) is 42.1 cm³/mol. The molecule has 0 aromatic heterocycles. The van der Waals surface area contributed by atoms with Crippen molar-refractivity contribution in [2.45, 2.75) is 6.42 Å². The zero-order chi connectivity index (χ0) is 8.10. The third-order valence-corrected chi connectivity index (χ3v) is 1.38. The summed E-state index contributed by atoms with van der Waals surface area (Å²) in [5.74, 6) is 0.234. The minimum atomic E-state index is 0.234. The van der Waals surface area contributed by atoms with E-state index < -0.39 is 0 Å². The molecule has 1 aromatic rings. The first-order valence-electron chi connectivity index (χ1n) is 3.36. The third-order valence-electron chi connectivity index (χ3n) is 1.38. The van der Waals surface area contributed by atoms with Crippen LogP contribution in [0, 0.1) is 0 Å². The van der Waals surface area contributed by atoms with Crippen LogP contribution in [-0.2, 0) is 6.42 Å². The van der Waals surface area contributed by atoms with E-state index in [0.717, 1.165) is 5.56 Å². The molecule has 0 atom stereocenters. The van der Waals surface area contributed by atoms with E-state index in [4.69, 9.17) is 5.11 Å². The maximum Gasteiger partial charge on any atom is 0.115 e. The second-order valence-corrected chi connectivity index (χ2v) is 2.23. The van der Waals surface area contributed by atoms with Gasteiger partial charge in [0.05, 0.1) is 6.33 Å².